The number of hydrogen-bond donors (Lipinski definition) is 1. The lowest BCUT2D eigenvalue weighted by atomic mass is 10.1. The summed E-state index contributed by atoms with van der Waals surface area (Å²) in [4.78, 5) is 4.92. The molecule has 4 rings (SSSR count). The van der Waals surface area contributed by atoms with Crippen LogP contribution in [-0.2, 0) is 10.0 Å². The summed E-state index contributed by atoms with van der Waals surface area (Å²) in [6.07, 6.45) is 3.83. The van der Waals surface area contributed by atoms with Crippen LogP contribution in [0.4, 0.5) is 5.69 Å². The number of rotatable bonds is 4. The van der Waals surface area contributed by atoms with E-state index in [9.17, 15) is 8.42 Å². The van der Waals surface area contributed by atoms with Crippen molar-refractivity contribution in [2.45, 2.75) is 18.7 Å². The molecule has 0 radical (unpaired) electrons. The molecule has 5 nitrogen and oxygen atoms in total. The molecule has 27 heavy (non-hydrogen) atoms. The Bertz CT molecular complexity index is 1230. The number of aryl methyl sites for hydroxylation is 2. The lowest BCUT2D eigenvalue weighted by molar-refractivity contribution is 0.601. The second-order valence-corrected chi connectivity index (χ2v) is 8.19. The van der Waals surface area contributed by atoms with Gasteiger partial charge in [0.2, 0.25) is 0 Å². The highest BCUT2D eigenvalue weighted by Crippen LogP contribution is 2.29. The van der Waals surface area contributed by atoms with Gasteiger partial charge in [-0.2, -0.15) is 0 Å². The number of anilines is 1. The molecule has 0 saturated carbocycles. The fraction of sp³-hybridized carbons (Fsp3) is 0.0952. The number of aromatic nitrogens is 2. The summed E-state index contributed by atoms with van der Waals surface area (Å²) in [6.45, 7) is 3.92. The summed E-state index contributed by atoms with van der Waals surface area (Å²) < 4.78 is 30.2. The van der Waals surface area contributed by atoms with Crippen LogP contribution in [0.25, 0.3) is 16.9 Å². The Morgan fingerprint density at radius 2 is 1.67 bits per heavy atom. The Kier molecular flexibility index (Phi) is 4.20. The fourth-order valence-electron chi connectivity index (χ4n) is 3.00. The molecule has 0 aliphatic carbocycles. The fourth-order valence-corrected chi connectivity index (χ4v) is 4.08. The summed E-state index contributed by atoms with van der Waals surface area (Å²) in [6, 6.07) is 18.0. The van der Waals surface area contributed by atoms with Crippen LogP contribution in [0.1, 0.15) is 11.1 Å². The summed E-state index contributed by atoms with van der Waals surface area (Å²) in [7, 11) is -3.68. The molecule has 0 aliphatic heterocycles. The van der Waals surface area contributed by atoms with Crippen LogP contribution in [-0.4, -0.2) is 17.8 Å². The van der Waals surface area contributed by atoms with Crippen molar-refractivity contribution >= 4 is 21.4 Å². The van der Waals surface area contributed by atoms with E-state index in [0.29, 0.717) is 11.4 Å². The molecule has 0 atom stereocenters. The molecule has 0 bridgehead atoms. The van der Waals surface area contributed by atoms with Crippen LogP contribution in [0.5, 0.6) is 0 Å². The average molecular weight is 377 g/mol. The molecular weight excluding hydrogens is 358 g/mol. The molecule has 2 heterocycles. The average Bonchev–Trinajstić information content (AvgIpc) is 3.08. The minimum atomic E-state index is -3.68. The maximum absolute atomic E-state index is 12.8. The summed E-state index contributed by atoms with van der Waals surface area (Å²) in [5, 5.41) is 0. The summed E-state index contributed by atoms with van der Waals surface area (Å²) >= 11 is 0. The van der Waals surface area contributed by atoms with E-state index in [-0.39, 0.29) is 4.90 Å². The molecule has 0 aliphatic rings. The van der Waals surface area contributed by atoms with Gasteiger partial charge in [-0.05, 0) is 43.7 Å². The molecule has 0 spiro atoms. The minimum Gasteiger partial charge on any atom is -0.306 e. The van der Waals surface area contributed by atoms with Crippen molar-refractivity contribution in [3.05, 3.63) is 84.2 Å². The number of sulfonamides is 1. The van der Waals surface area contributed by atoms with Gasteiger partial charge in [-0.15, -0.1) is 0 Å². The van der Waals surface area contributed by atoms with Crippen LogP contribution >= 0.6 is 0 Å². The topological polar surface area (TPSA) is 63.5 Å². The molecule has 4 aromatic rings. The van der Waals surface area contributed by atoms with Crippen LogP contribution < -0.4 is 4.72 Å². The van der Waals surface area contributed by atoms with Gasteiger partial charge in [-0.25, -0.2) is 13.4 Å². The van der Waals surface area contributed by atoms with Gasteiger partial charge in [0.25, 0.3) is 10.0 Å². The zero-order chi connectivity index (χ0) is 19.0. The number of nitrogens with one attached hydrogen (secondary N) is 1. The van der Waals surface area contributed by atoms with E-state index in [0.717, 1.165) is 22.3 Å². The molecule has 2 aromatic heterocycles. The highest BCUT2D eigenvalue weighted by molar-refractivity contribution is 7.92. The second-order valence-electron chi connectivity index (χ2n) is 6.51. The number of pyridine rings is 1. The standard InChI is InChI=1S/C21H19N3O2S/c1-15-9-11-17(12-10-15)27(25,26)23-19-8-4-3-7-18(19)20-14-24-13-5-6-16(2)21(24)22-20/h3-14,23H,1-2H3. The monoisotopic (exact) mass is 377 g/mol. The predicted octanol–water partition coefficient (Wildman–Crippen LogP) is 4.42. The number of imidazole rings is 1. The number of nitrogens with zero attached hydrogens (tertiary/aromatic N) is 2. The van der Waals surface area contributed by atoms with Gasteiger partial charge < -0.3 is 4.40 Å². The van der Waals surface area contributed by atoms with Gasteiger partial charge in [-0.1, -0.05) is 42.0 Å². The van der Waals surface area contributed by atoms with E-state index >= 15 is 0 Å². The summed E-state index contributed by atoms with van der Waals surface area (Å²) in [5.41, 5.74) is 4.86. The van der Waals surface area contributed by atoms with E-state index in [1.807, 2.05) is 54.9 Å². The zero-order valence-electron chi connectivity index (χ0n) is 15.0. The molecule has 0 unspecified atom stereocenters. The highest BCUT2D eigenvalue weighted by Gasteiger charge is 2.17. The van der Waals surface area contributed by atoms with Gasteiger partial charge in [-0.3, -0.25) is 4.72 Å². The number of fused-ring (bicyclic) bond motifs is 1. The molecular formula is C21H19N3O2S. The first-order valence-corrected chi connectivity index (χ1v) is 10.1. The van der Waals surface area contributed by atoms with Gasteiger partial charge >= 0.3 is 0 Å². The maximum Gasteiger partial charge on any atom is 0.261 e. The lowest BCUT2D eigenvalue weighted by Gasteiger charge is -2.11. The molecule has 6 heteroatoms. The van der Waals surface area contributed by atoms with Crippen LogP contribution in [0.3, 0.4) is 0 Å². The lowest BCUT2D eigenvalue weighted by Crippen LogP contribution is -2.13. The van der Waals surface area contributed by atoms with E-state index in [1.54, 1.807) is 36.4 Å². The third-order valence-electron chi connectivity index (χ3n) is 4.46. The maximum atomic E-state index is 12.8. The van der Waals surface area contributed by atoms with E-state index in [1.165, 1.54) is 0 Å². The van der Waals surface area contributed by atoms with Crippen molar-refractivity contribution in [1.82, 2.24) is 9.38 Å². The number of benzene rings is 2. The van der Waals surface area contributed by atoms with E-state index in [4.69, 9.17) is 0 Å². The molecule has 136 valence electrons. The zero-order valence-corrected chi connectivity index (χ0v) is 15.9. The Hall–Kier alpha value is -3.12. The SMILES string of the molecule is Cc1ccc(S(=O)(=O)Nc2ccccc2-c2cn3cccc(C)c3n2)cc1. The minimum absolute atomic E-state index is 0.230. The van der Waals surface area contributed by atoms with Crippen LogP contribution in [0, 0.1) is 13.8 Å². The molecule has 2 aromatic carbocycles. The Balaban J connectivity index is 1.77. The second kappa shape index (κ2) is 6.55. The number of para-hydroxylation sites is 1. The molecule has 1 N–H and O–H groups in total. The van der Waals surface area contributed by atoms with E-state index in [2.05, 4.69) is 9.71 Å². The third-order valence-corrected chi connectivity index (χ3v) is 5.84. The van der Waals surface area contributed by atoms with Gasteiger partial charge in [0.15, 0.2) is 0 Å². The van der Waals surface area contributed by atoms with Gasteiger partial charge in [0.1, 0.15) is 5.65 Å². The first-order valence-electron chi connectivity index (χ1n) is 8.57. The van der Waals surface area contributed by atoms with Crippen LogP contribution in [0.15, 0.2) is 78.0 Å². The molecule has 0 fully saturated rings. The van der Waals surface area contributed by atoms with Crippen molar-refractivity contribution in [1.29, 1.82) is 0 Å². The van der Waals surface area contributed by atoms with Crippen molar-refractivity contribution in [2.75, 3.05) is 4.72 Å². The first kappa shape index (κ1) is 17.3. The largest absolute Gasteiger partial charge is 0.306 e. The van der Waals surface area contributed by atoms with Crippen molar-refractivity contribution in [3.63, 3.8) is 0 Å². The van der Waals surface area contributed by atoms with Crippen molar-refractivity contribution < 1.29 is 8.42 Å². The van der Waals surface area contributed by atoms with Gasteiger partial charge in [0.05, 0.1) is 16.3 Å². The van der Waals surface area contributed by atoms with Crippen molar-refractivity contribution in [2.24, 2.45) is 0 Å². The quantitative estimate of drug-likeness (QED) is 0.573. The van der Waals surface area contributed by atoms with Crippen LogP contribution in [0.2, 0.25) is 0 Å². The third kappa shape index (κ3) is 3.31. The van der Waals surface area contributed by atoms with Gasteiger partial charge in [0, 0.05) is 18.0 Å². The normalized spacial score (nSPS) is 11.6. The Morgan fingerprint density at radius 1 is 0.926 bits per heavy atom. The molecule has 0 saturated heterocycles. The van der Waals surface area contributed by atoms with Crippen molar-refractivity contribution in [3.8, 4) is 11.3 Å². The number of hydrogen-bond acceptors (Lipinski definition) is 3. The highest BCUT2D eigenvalue weighted by atomic mass is 32.2. The predicted molar refractivity (Wildman–Crippen MR) is 107 cm³/mol. The first-order chi connectivity index (χ1) is 12.9. The van der Waals surface area contributed by atoms with E-state index < -0.39 is 10.0 Å². The smallest absolute Gasteiger partial charge is 0.261 e. The molecule has 0 amide bonds. The Labute approximate surface area is 158 Å². The summed E-state index contributed by atoms with van der Waals surface area (Å²) in [5.74, 6) is 0. The Morgan fingerprint density at radius 3 is 2.41 bits per heavy atom.